The van der Waals surface area contributed by atoms with Crippen LogP contribution < -0.4 is 5.32 Å². The highest BCUT2D eigenvalue weighted by Gasteiger charge is 2.33. The highest BCUT2D eigenvalue weighted by molar-refractivity contribution is 8.00. The van der Waals surface area contributed by atoms with Crippen molar-refractivity contribution >= 4 is 23.6 Å². The fraction of sp³-hybridized carbons (Fsp3) is 0.583. The molecule has 0 aliphatic carbocycles. The number of thioether (sulfide) groups is 1. The molecule has 0 unspecified atom stereocenters. The maximum Gasteiger partial charge on any atom is 0.435 e. The van der Waals surface area contributed by atoms with E-state index in [1.165, 1.54) is 0 Å². The molecule has 0 spiro atoms. The third kappa shape index (κ3) is 3.78. The summed E-state index contributed by atoms with van der Waals surface area (Å²) >= 11 is 1.78. The first-order valence-electron chi connectivity index (χ1n) is 6.39. The number of carbonyl (C=O) groups excluding carboxylic acids is 1. The standard InChI is InChI=1S/C12H15F3N4OS/c1-7-8(2)21-6-5-19(7)11(20)16-10-4-3-9(17-18-10)12(13,14)15/h3-4,7-8H,5-6H2,1-2H3,(H,16,18,20)/t7-,8-/m1/s1. The molecule has 1 N–H and O–H groups in total. The van der Waals surface area contributed by atoms with Crippen molar-refractivity contribution in [2.75, 3.05) is 17.6 Å². The second kappa shape index (κ2) is 6.08. The first-order chi connectivity index (χ1) is 9.79. The van der Waals surface area contributed by atoms with Crippen molar-refractivity contribution < 1.29 is 18.0 Å². The largest absolute Gasteiger partial charge is 0.435 e. The van der Waals surface area contributed by atoms with Gasteiger partial charge in [0, 0.05) is 23.6 Å². The second-order valence-electron chi connectivity index (χ2n) is 4.74. The Morgan fingerprint density at radius 3 is 2.67 bits per heavy atom. The van der Waals surface area contributed by atoms with Gasteiger partial charge in [0.25, 0.3) is 0 Å². The summed E-state index contributed by atoms with van der Waals surface area (Å²) in [6.07, 6.45) is -4.54. The molecule has 0 radical (unpaired) electrons. The van der Waals surface area contributed by atoms with E-state index in [1.54, 1.807) is 16.7 Å². The number of urea groups is 1. The number of nitrogens with one attached hydrogen (secondary N) is 1. The molecular formula is C12H15F3N4OS. The number of carbonyl (C=O) groups is 1. The Morgan fingerprint density at radius 2 is 2.10 bits per heavy atom. The molecule has 0 aromatic carbocycles. The zero-order valence-corrected chi connectivity index (χ0v) is 12.3. The summed E-state index contributed by atoms with van der Waals surface area (Å²) in [7, 11) is 0. The van der Waals surface area contributed by atoms with Gasteiger partial charge in [-0.05, 0) is 19.1 Å². The number of nitrogens with zero attached hydrogens (tertiary/aromatic N) is 3. The molecule has 1 aliphatic rings. The fourth-order valence-corrected chi connectivity index (χ4v) is 3.05. The number of halogens is 3. The van der Waals surface area contributed by atoms with Gasteiger partial charge in [0.2, 0.25) is 0 Å². The van der Waals surface area contributed by atoms with Gasteiger partial charge in [-0.15, -0.1) is 10.2 Å². The second-order valence-corrected chi connectivity index (χ2v) is 6.23. The van der Waals surface area contributed by atoms with Gasteiger partial charge in [-0.2, -0.15) is 24.9 Å². The molecule has 2 rings (SSSR count). The van der Waals surface area contributed by atoms with E-state index in [4.69, 9.17) is 0 Å². The summed E-state index contributed by atoms with van der Waals surface area (Å²) < 4.78 is 37.1. The van der Waals surface area contributed by atoms with Crippen molar-refractivity contribution in [3.8, 4) is 0 Å². The molecule has 5 nitrogen and oxygen atoms in total. The summed E-state index contributed by atoms with van der Waals surface area (Å²) in [5.74, 6) is 0.837. The summed E-state index contributed by atoms with van der Waals surface area (Å²) in [6, 6.07) is 1.57. The summed E-state index contributed by atoms with van der Waals surface area (Å²) in [5, 5.41) is 9.25. The Bertz CT molecular complexity index is 508. The number of hydrogen-bond donors (Lipinski definition) is 1. The average molecular weight is 320 g/mol. The minimum atomic E-state index is -4.54. The van der Waals surface area contributed by atoms with E-state index < -0.39 is 11.9 Å². The van der Waals surface area contributed by atoms with Crippen LogP contribution in [0.1, 0.15) is 19.5 Å². The maximum atomic E-state index is 12.4. The van der Waals surface area contributed by atoms with E-state index in [0.29, 0.717) is 11.8 Å². The molecular weight excluding hydrogens is 305 g/mol. The van der Waals surface area contributed by atoms with Crippen molar-refractivity contribution in [2.45, 2.75) is 31.3 Å². The molecule has 1 aromatic heterocycles. The number of amides is 2. The molecule has 2 amide bonds. The van der Waals surface area contributed by atoms with Gasteiger partial charge in [0.1, 0.15) is 0 Å². The van der Waals surface area contributed by atoms with Crippen LogP contribution in [0.5, 0.6) is 0 Å². The van der Waals surface area contributed by atoms with Crippen molar-refractivity contribution in [1.82, 2.24) is 15.1 Å². The van der Waals surface area contributed by atoms with Gasteiger partial charge < -0.3 is 4.90 Å². The lowest BCUT2D eigenvalue weighted by molar-refractivity contribution is -0.141. The smallest absolute Gasteiger partial charge is 0.320 e. The summed E-state index contributed by atoms with van der Waals surface area (Å²) in [5.41, 5.74) is -1.09. The Kier molecular flexibility index (Phi) is 4.60. The van der Waals surface area contributed by atoms with Gasteiger partial charge in [0.15, 0.2) is 11.5 Å². The number of hydrogen-bond acceptors (Lipinski definition) is 4. The molecule has 116 valence electrons. The molecule has 1 fully saturated rings. The Labute approximate surface area is 124 Å². The predicted molar refractivity (Wildman–Crippen MR) is 74.1 cm³/mol. The van der Waals surface area contributed by atoms with Gasteiger partial charge in [0.05, 0.1) is 0 Å². The highest BCUT2D eigenvalue weighted by atomic mass is 32.2. The van der Waals surface area contributed by atoms with E-state index in [0.717, 1.165) is 17.9 Å². The van der Waals surface area contributed by atoms with E-state index in [9.17, 15) is 18.0 Å². The van der Waals surface area contributed by atoms with Crippen molar-refractivity contribution in [3.63, 3.8) is 0 Å². The van der Waals surface area contributed by atoms with Crippen molar-refractivity contribution in [2.24, 2.45) is 0 Å². The third-order valence-corrected chi connectivity index (χ3v) is 4.67. The van der Waals surface area contributed by atoms with Gasteiger partial charge in [-0.1, -0.05) is 6.92 Å². The zero-order chi connectivity index (χ0) is 15.6. The predicted octanol–water partition coefficient (Wildman–Crippen LogP) is 2.85. The topological polar surface area (TPSA) is 58.1 Å². The van der Waals surface area contributed by atoms with E-state index in [2.05, 4.69) is 15.5 Å². The van der Waals surface area contributed by atoms with Crippen LogP contribution in [0, 0.1) is 0 Å². The van der Waals surface area contributed by atoms with Crippen LogP contribution in [0.4, 0.5) is 23.8 Å². The van der Waals surface area contributed by atoms with E-state index >= 15 is 0 Å². The Hall–Kier alpha value is -1.51. The number of rotatable bonds is 1. The van der Waals surface area contributed by atoms with Crippen LogP contribution in [0.2, 0.25) is 0 Å². The molecule has 9 heteroatoms. The summed E-state index contributed by atoms with van der Waals surface area (Å²) in [6.45, 7) is 4.57. The van der Waals surface area contributed by atoms with Crippen LogP contribution in [0.15, 0.2) is 12.1 Å². The van der Waals surface area contributed by atoms with Gasteiger partial charge in [-0.25, -0.2) is 4.79 Å². The maximum absolute atomic E-state index is 12.4. The fourth-order valence-electron chi connectivity index (χ4n) is 1.95. The Balaban J connectivity index is 2.02. The third-order valence-electron chi connectivity index (χ3n) is 3.33. The molecule has 1 aliphatic heterocycles. The lowest BCUT2D eigenvalue weighted by atomic mass is 10.2. The molecule has 0 bridgehead atoms. The number of anilines is 1. The van der Waals surface area contributed by atoms with Gasteiger partial charge >= 0.3 is 12.2 Å². The van der Waals surface area contributed by atoms with E-state index in [1.807, 2.05) is 13.8 Å². The Morgan fingerprint density at radius 1 is 1.38 bits per heavy atom. The zero-order valence-electron chi connectivity index (χ0n) is 11.5. The monoisotopic (exact) mass is 320 g/mol. The average Bonchev–Trinajstić information content (AvgIpc) is 2.41. The van der Waals surface area contributed by atoms with Crippen LogP contribution in [0.25, 0.3) is 0 Å². The molecule has 2 heterocycles. The number of alkyl halides is 3. The molecule has 2 atom stereocenters. The molecule has 1 saturated heterocycles. The molecule has 0 saturated carbocycles. The minimum Gasteiger partial charge on any atom is -0.320 e. The summed E-state index contributed by atoms with van der Waals surface area (Å²) in [4.78, 5) is 13.8. The molecule has 1 aromatic rings. The minimum absolute atomic E-state index is 0.00563. The SMILES string of the molecule is C[C@@H]1[C@@H](C)SCCN1C(=O)Nc1ccc(C(F)(F)F)nn1. The van der Waals surface area contributed by atoms with Crippen molar-refractivity contribution in [3.05, 3.63) is 17.8 Å². The first kappa shape index (κ1) is 15.9. The highest BCUT2D eigenvalue weighted by Crippen LogP contribution is 2.27. The first-order valence-corrected chi connectivity index (χ1v) is 7.44. The van der Waals surface area contributed by atoms with Crippen LogP contribution in [0.3, 0.4) is 0 Å². The molecule has 21 heavy (non-hydrogen) atoms. The van der Waals surface area contributed by atoms with E-state index in [-0.39, 0.29) is 17.9 Å². The van der Waals surface area contributed by atoms with Crippen LogP contribution in [-0.2, 0) is 6.18 Å². The lowest BCUT2D eigenvalue weighted by Gasteiger charge is -2.37. The normalized spacial score (nSPS) is 23.0. The quantitative estimate of drug-likeness (QED) is 0.864. The number of aromatic nitrogens is 2. The van der Waals surface area contributed by atoms with Gasteiger partial charge in [-0.3, -0.25) is 5.32 Å². The lowest BCUT2D eigenvalue weighted by Crippen LogP contribution is -2.49. The van der Waals surface area contributed by atoms with Crippen LogP contribution >= 0.6 is 11.8 Å². The van der Waals surface area contributed by atoms with Crippen LogP contribution in [-0.4, -0.2) is 44.7 Å². The van der Waals surface area contributed by atoms with Crippen molar-refractivity contribution in [1.29, 1.82) is 0 Å².